The Morgan fingerprint density at radius 2 is 1.62 bits per heavy atom. The molecule has 246 valence electrons. The normalized spacial score (nSPS) is 12.3. The van der Waals surface area contributed by atoms with Crippen LogP contribution in [0.1, 0.15) is 43.0 Å². The molecule has 1 unspecified atom stereocenters. The number of hydrogen-bond donors (Lipinski definition) is 2. The molecule has 4 aromatic carbocycles. The molecule has 7 nitrogen and oxygen atoms in total. The van der Waals surface area contributed by atoms with E-state index in [9.17, 15) is 18.0 Å². The standard InChI is InChI=1S/C35H34Cl2F3N5O2/c1-3-44(4-2)26-11-8-24(9-12-26)34-43-31-18-25(30(19-33(41)46)42-20-23-7-15-28(36)29(37)17-23)10-16-32(31)45(34)21-22-5-13-27(14-6-22)47-35(38,39)40/h5-18,30,42H,3-4,19-21H2,1-2H3,(H2,41,46). The first-order chi connectivity index (χ1) is 22.4. The number of ether oxygens (including phenoxy) is 1. The maximum Gasteiger partial charge on any atom is 0.573 e. The third-order valence-corrected chi connectivity index (χ3v) is 8.61. The Kier molecular flexibility index (Phi) is 10.6. The van der Waals surface area contributed by atoms with Gasteiger partial charge in [0.05, 0.1) is 21.1 Å². The molecule has 0 saturated heterocycles. The fourth-order valence-corrected chi connectivity index (χ4v) is 5.85. The molecule has 1 amide bonds. The van der Waals surface area contributed by atoms with Crippen LogP contribution in [0.2, 0.25) is 10.0 Å². The third-order valence-electron chi connectivity index (χ3n) is 7.87. The maximum absolute atomic E-state index is 12.7. The van der Waals surface area contributed by atoms with Gasteiger partial charge in [0.2, 0.25) is 5.91 Å². The molecule has 12 heteroatoms. The van der Waals surface area contributed by atoms with Gasteiger partial charge in [0, 0.05) is 49.9 Å². The van der Waals surface area contributed by atoms with Crippen molar-refractivity contribution in [2.75, 3.05) is 18.0 Å². The summed E-state index contributed by atoms with van der Waals surface area (Å²) in [7, 11) is 0. The highest BCUT2D eigenvalue weighted by atomic mass is 35.5. The number of carbonyl (C=O) groups excluding carboxylic acids is 1. The van der Waals surface area contributed by atoms with Gasteiger partial charge in [-0.2, -0.15) is 0 Å². The van der Waals surface area contributed by atoms with Crippen LogP contribution >= 0.6 is 23.2 Å². The highest BCUT2D eigenvalue weighted by Crippen LogP contribution is 2.31. The lowest BCUT2D eigenvalue weighted by molar-refractivity contribution is -0.274. The van der Waals surface area contributed by atoms with E-state index in [1.54, 1.807) is 24.3 Å². The number of benzene rings is 4. The van der Waals surface area contributed by atoms with Crippen LogP contribution < -0.4 is 20.7 Å². The minimum Gasteiger partial charge on any atom is -0.406 e. The number of primary amides is 1. The van der Waals surface area contributed by atoms with Crippen molar-refractivity contribution in [3.63, 3.8) is 0 Å². The minimum absolute atomic E-state index is 0.0551. The van der Waals surface area contributed by atoms with Gasteiger partial charge in [-0.05, 0) is 91.2 Å². The molecule has 3 N–H and O–H groups in total. The van der Waals surface area contributed by atoms with Crippen LogP contribution in [-0.4, -0.2) is 34.9 Å². The van der Waals surface area contributed by atoms with Crippen LogP contribution in [0.4, 0.5) is 18.9 Å². The molecule has 0 spiro atoms. The van der Waals surface area contributed by atoms with Crippen LogP contribution in [0.3, 0.4) is 0 Å². The van der Waals surface area contributed by atoms with Crippen LogP contribution in [-0.2, 0) is 17.9 Å². The summed E-state index contributed by atoms with van der Waals surface area (Å²) in [6.07, 6.45) is -4.72. The van der Waals surface area contributed by atoms with Gasteiger partial charge in [-0.25, -0.2) is 4.98 Å². The molecule has 0 aliphatic carbocycles. The fraction of sp³-hybridized carbons (Fsp3) is 0.257. The number of halogens is 5. The van der Waals surface area contributed by atoms with Crippen molar-refractivity contribution in [1.29, 1.82) is 0 Å². The maximum atomic E-state index is 12.7. The second-order valence-electron chi connectivity index (χ2n) is 11.0. The minimum atomic E-state index is -4.77. The predicted octanol–water partition coefficient (Wildman–Crippen LogP) is 8.51. The Hall–Kier alpha value is -4.25. The van der Waals surface area contributed by atoms with Crippen LogP contribution in [0.15, 0.2) is 84.9 Å². The fourth-order valence-electron chi connectivity index (χ4n) is 5.53. The highest BCUT2D eigenvalue weighted by Gasteiger charge is 2.31. The zero-order chi connectivity index (χ0) is 33.7. The van der Waals surface area contributed by atoms with E-state index < -0.39 is 18.3 Å². The van der Waals surface area contributed by atoms with Crippen LogP contribution in [0, 0.1) is 0 Å². The van der Waals surface area contributed by atoms with Crippen LogP contribution in [0.5, 0.6) is 5.75 Å². The number of amides is 1. The summed E-state index contributed by atoms with van der Waals surface area (Å²) in [5.74, 6) is -0.0641. The first-order valence-corrected chi connectivity index (χ1v) is 15.9. The summed E-state index contributed by atoms with van der Waals surface area (Å²) in [4.78, 5) is 19.3. The average Bonchev–Trinajstić information content (AvgIpc) is 3.39. The van der Waals surface area contributed by atoms with Gasteiger partial charge < -0.3 is 25.3 Å². The molecule has 1 atom stereocenters. The Balaban J connectivity index is 1.52. The molecule has 1 heterocycles. The number of hydrogen-bond acceptors (Lipinski definition) is 5. The lowest BCUT2D eigenvalue weighted by atomic mass is 10.0. The molecule has 0 aliphatic rings. The Morgan fingerprint density at radius 3 is 2.23 bits per heavy atom. The number of nitrogens with two attached hydrogens (primary N) is 1. The van der Waals surface area contributed by atoms with E-state index in [1.807, 2.05) is 41.0 Å². The predicted molar refractivity (Wildman–Crippen MR) is 181 cm³/mol. The second kappa shape index (κ2) is 14.7. The lowest BCUT2D eigenvalue weighted by Crippen LogP contribution is -2.26. The van der Waals surface area contributed by atoms with E-state index in [4.69, 9.17) is 33.9 Å². The third kappa shape index (κ3) is 8.57. The number of carbonyl (C=O) groups is 1. The number of fused-ring (bicyclic) bond motifs is 1. The van der Waals surface area contributed by atoms with Crippen molar-refractivity contribution >= 4 is 45.8 Å². The smallest absolute Gasteiger partial charge is 0.406 e. The zero-order valence-corrected chi connectivity index (χ0v) is 27.3. The molecule has 1 aromatic heterocycles. The Bertz CT molecular complexity index is 1840. The van der Waals surface area contributed by atoms with E-state index >= 15 is 0 Å². The quantitative estimate of drug-likeness (QED) is 0.130. The van der Waals surface area contributed by atoms with Gasteiger partial charge >= 0.3 is 6.36 Å². The summed E-state index contributed by atoms with van der Waals surface area (Å²) < 4.78 is 44.3. The molecule has 0 fully saturated rings. The van der Waals surface area contributed by atoms with Gasteiger partial charge in [-0.15, -0.1) is 13.2 Å². The largest absolute Gasteiger partial charge is 0.573 e. The summed E-state index contributed by atoms with van der Waals surface area (Å²) >= 11 is 12.3. The highest BCUT2D eigenvalue weighted by molar-refractivity contribution is 6.42. The van der Waals surface area contributed by atoms with E-state index in [1.165, 1.54) is 12.1 Å². The molecule has 0 bridgehead atoms. The first-order valence-electron chi connectivity index (χ1n) is 15.1. The molecule has 5 rings (SSSR count). The van der Waals surface area contributed by atoms with Crippen LogP contribution in [0.25, 0.3) is 22.4 Å². The molecule has 0 radical (unpaired) electrons. The van der Waals surface area contributed by atoms with Crippen molar-refractivity contribution in [1.82, 2.24) is 14.9 Å². The van der Waals surface area contributed by atoms with Crippen molar-refractivity contribution in [2.45, 2.75) is 45.8 Å². The SMILES string of the molecule is CCN(CC)c1ccc(-c2nc3cc(C(CC(N)=O)NCc4ccc(Cl)c(Cl)c4)ccc3n2Cc2ccc(OC(F)(F)F)cc2)cc1. The lowest BCUT2D eigenvalue weighted by Gasteiger charge is -2.21. The van der Waals surface area contributed by atoms with E-state index in [-0.39, 0.29) is 12.2 Å². The summed E-state index contributed by atoms with van der Waals surface area (Å²) in [5, 5.41) is 4.29. The first kappa shape index (κ1) is 34.1. The number of nitrogens with zero attached hydrogens (tertiary/aromatic N) is 3. The van der Waals surface area contributed by atoms with Gasteiger partial charge in [-0.3, -0.25) is 4.79 Å². The molecular weight excluding hydrogens is 650 g/mol. The zero-order valence-electron chi connectivity index (χ0n) is 25.8. The number of rotatable bonds is 13. The van der Waals surface area contributed by atoms with E-state index in [0.717, 1.165) is 46.5 Å². The van der Waals surface area contributed by atoms with Crippen molar-refractivity contribution < 1.29 is 22.7 Å². The monoisotopic (exact) mass is 683 g/mol. The number of alkyl halides is 3. The summed E-state index contributed by atoms with van der Waals surface area (Å²) in [6.45, 7) is 6.71. The van der Waals surface area contributed by atoms with E-state index in [2.05, 4.69) is 40.9 Å². The number of nitrogens with one attached hydrogen (secondary N) is 1. The number of anilines is 1. The van der Waals surface area contributed by atoms with Gasteiger partial charge in [0.25, 0.3) is 0 Å². The molecule has 47 heavy (non-hydrogen) atoms. The summed E-state index contributed by atoms with van der Waals surface area (Å²) in [6, 6.07) is 24.6. The molecular formula is C35H34Cl2F3N5O2. The number of aromatic nitrogens is 2. The van der Waals surface area contributed by atoms with Crippen molar-refractivity contribution in [3.05, 3.63) is 112 Å². The topological polar surface area (TPSA) is 85.4 Å². The molecule has 5 aromatic rings. The molecule has 0 aliphatic heterocycles. The Morgan fingerprint density at radius 1 is 0.936 bits per heavy atom. The van der Waals surface area contributed by atoms with Crippen molar-refractivity contribution in [2.24, 2.45) is 5.73 Å². The van der Waals surface area contributed by atoms with Crippen molar-refractivity contribution in [3.8, 4) is 17.1 Å². The number of imidazole rings is 1. The molecule has 0 saturated carbocycles. The second-order valence-corrected chi connectivity index (χ2v) is 11.8. The average molecular weight is 685 g/mol. The van der Waals surface area contributed by atoms with E-state index in [0.29, 0.717) is 34.5 Å². The van der Waals surface area contributed by atoms with Gasteiger partial charge in [-0.1, -0.05) is 47.5 Å². The summed E-state index contributed by atoms with van der Waals surface area (Å²) in [5.41, 5.74) is 11.6. The van der Waals surface area contributed by atoms with Gasteiger partial charge in [0.1, 0.15) is 11.6 Å². The van der Waals surface area contributed by atoms with Gasteiger partial charge in [0.15, 0.2) is 0 Å². The Labute approximate surface area is 281 Å².